The van der Waals surface area contributed by atoms with E-state index in [9.17, 15) is 17.6 Å². The number of amidine groups is 1. The van der Waals surface area contributed by atoms with E-state index in [1.807, 2.05) is 0 Å². The van der Waals surface area contributed by atoms with Gasteiger partial charge < -0.3 is 10.2 Å². The molecular weight excluding hydrogens is 393 g/mol. The molecule has 140 valence electrons. The molecule has 2 aliphatic rings. The van der Waals surface area contributed by atoms with Gasteiger partial charge in [0.1, 0.15) is 16.8 Å². The summed E-state index contributed by atoms with van der Waals surface area (Å²) in [7, 11) is -3.76. The molecule has 0 radical (unpaired) electrons. The number of benzene rings is 2. The first kappa shape index (κ1) is 17.9. The molecule has 1 amide bonds. The van der Waals surface area contributed by atoms with Crippen molar-refractivity contribution in [2.75, 3.05) is 11.9 Å². The lowest BCUT2D eigenvalue weighted by Gasteiger charge is -2.25. The molecule has 9 heteroatoms. The maximum absolute atomic E-state index is 13.3. The number of hydrogen-bond donors (Lipinski definition) is 1. The second-order valence-corrected chi connectivity index (χ2v) is 8.34. The van der Waals surface area contributed by atoms with Crippen LogP contribution in [0.5, 0.6) is 0 Å². The SMILES string of the molecule is O=C(Nc1ccc(F)c(Cl)c1)[C@@H]1CCCN1C1=NS(=O)(=O)c2ccccc21. The molecule has 1 atom stereocenters. The van der Waals surface area contributed by atoms with Gasteiger partial charge in [0.25, 0.3) is 10.0 Å². The lowest BCUT2D eigenvalue weighted by Crippen LogP contribution is -2.43. The fourth-order valence-electron chi connectivity index (χ4n) is 3.39. The van der Waals surface area contributed by atoms with Crippen LogP contribution in [0.4, 0.5) is 10.1 Å². The number of likely N-dealkylation sites (tertiary alicyclic amines) is 1. The van der Waals surface area contributed by atoms with Gasteiger partial charge in [-0.3, -0.25) is 4.79 Å². The zero-order valence-electron chi connectivity index (χ0n) is 14.0. The highest BCUT2D eigenvalue weighted by Crippen LogP contribution is 2.31. The molecule has 0 unspecified atom stereocenters. The van der Waals surface area contributed by atoms with Gasteiger partial charge in [0, 0.05) is 17.8 Å². The molecular formula is C18H15ClFN3O3S. The lowest BCUT2D eigenvalue weighted by atomic mass is 10.1. The number of nitrogens with one attached hydrogen (secondary N) is 1. The smallest absolute Gasteiger partial charge is 0.285 e. The van der Waals surface area contributed by atoms with Crippen LogP contribution in [0.1, 0.15) is 18.4 Å². The average Bonchev–Trinajstić information content (AvgIpc) is 3.21. The summed E-state index contributed by atoms with van der Waals surface area (Å²) in [6.07, 6.45) is 1.28. The number of hydrogen-bond acceptors (Lipinski definition) is 4. The van der Waals surface area contributed by atoms with Crippen molar-refractivity contribution in [3.63, 3.8) is 0 Å². The normalized spacial score (nSPS) is 20.3. The molecule has 1 fully saturated rings. The summed E-state index contributed by atoms with van der Waals surface area (Å²) in [6.45, 7) is 0.519. The fraction of sp³-hybridized carbons (Fsp3) is 0.222. The van der Waals surface area contributed by atoms with Crippen molar-refractivity contribution >= 4 is 39.1 Å². The molecule has 0 aliphatic carbocycles. The molecule has 0 aromatic heterocycles. The van der Waals surface area contributed by atoms with Gasteiger partial charge in [0.15, 0.2) is 5.84 Å². The van der Waals surface area contributed by atoms with Gasteiger partial charge in [-0.05, 0) is 43.2 Å². The molecule has 1 N–H and O–H groups in total. The van der Waals surface area contributed by atoms with Crippen LogP contribution in [0, 0.1) is 5.82 Å². The van der Waals surface area contributed by atoms with Crippen LogP contribution in [-0.4, -0.2) is 37.6 Å². The molecule has 0 saturated carbocycles. The Balaban J connectivity index is 1.61. The predicted molar refractivity (Wildman–Crippen MR) is 99.9 cm³/mol. The van der Waals surface area contributed by atoms with E-state index in [1.165, 1.54) is 24.3 Å². The molecule has 1 saturated heterocycles. The van der Waals surface area contributed by atoms with Crippen LogP contribution < -0.4 is 5.32 Å². The molecule has 4 rings (SSSR count). The van der Waals surface area contributed by atoms with Crippen LogP contribution in [0.25, 0.3) is 0 Å². The number of carbonyl (C=O) groups excluding carboxylic acids is 1. The lowest BCUT2D eigenvalue weighted by molar-refractivity contribution is -0.119. The van der Waals surface area contributed by atoms with Gasteiger partial charge in [-0.2, -0.15) is 8.42 Å². The Labute approximate surface area is 160 Å². The number of halogens is 2. The maximum Gasteiger partial charge on any atom is 0.285 e. The second kappa shape index (κ2) is 6.61. The van der Waals surface area contributed by atoms with Crippen molar-refractivity contribution in [3.05, 3.63) is 58.9 Å². The van der Waals surface area contributed by atoms with Gasteiger partial charge in [0.05, 0.1) is 5.02 Å². The second-order valence-electron chi connectivity index (χ2n) is 6.36. The van der Waals surface area contributed by atoms with Gasteiger partial charge >= 0.3 is 0 Å². The Morgan fingerprint density at radius 1 is 1.26 bits per heavy atom. The maximum atomic E-state index is 13.3. The minimum atomic E-state index is -3.76. The Morgan fingerprint density at radius 3 is 2.81 bits per heavy atom. The third kappa shape index (κ3) is 3.19. The molecule has 6 nitrogen and oxygen atoms in total. The summed E-state index contributed by atoms with van der Waals surface area (Å²) in [5.74, 6) is -0.598. The number of fused-ring (bicyclic) bond motifs is 1. The first-order valence-electron chi connectivity index (χ1n) is 8.34. The molecule has 2 aromatic rings. The van der Waals surface area contributed by atoms with Crippen LogP contribution in [0.2, 0.25) is 5.02 Å². The Kier molecular flexibility index (Phi) is 4.39. The summed E-state index contributed by atoms with van der Waals surface area (Å²) >= 11 is 5.75. The Hall–Kier alpha value is -2.45. The van der Waals surface area contributed by atoms with Gasteiger partial charge in [-0.25, -0.2) is 4.39 Å². The minimum Gasteiger partial charge on any atom is -0.343 e. The zero-order chi connectivity index (χ0) is 19.2. The highest BCUT2D eigenvalue weighted by molar-refractivity contribution is 7.90. The number of anilines is 1. The van der Waals surface area contributed by atoms with Gasteiger partial charge in [-0.1, -0.05) is 23.7 Å². The highest BCUT2D eigenvalue weighted by atomic mass is 35.5. The van der Waals surface area contributed by atoms with Crippen LogP contribution >= 0.6 is 11.6 Å². The van der Waals surface area contributed by atoms with Crippen molar-refractivity contribution in [3.8, 4) is 0 Å². The molecule has 0 bridgehead atoms. The predicted octanol–water partition coefficient (Wildman–Crippen LogP) is 3.03. The van der Waals surface area contributed by atoms with Crippen molar-refractivity contribution in [1.29, 1.82) is 0 Å². The third-order valence-electron chi connectivity index (χ3n) is 4.63. The number of amides is 1. The summed E-state index contributed by atoms with van der Waals surface area (Å²) in [5, 5.41) is 2.63. The van der Waals surface area contributed by atoms with E-state index in [-0.39, 0.29) is 15.8 Å². The Bertz CT molecular complexity index is 1070. The van der Waals surface area contributed by atoms with E-state index in [4.69, 9.17) is 11.6 Å². The van der Waals surface area contributed by atoms with E-state index in [0.29, 0.717) is 30.1 Å². The number of nitrogens with zero attached hydrogens (tertiary/aromatic N) is 2. The molecule has 2 aliphatic heterocycles. The first-order valence-corrected chi connectivity index (χ1v) is 10.2. The fourth-order valence-corrected chi connectivity index (χ4v) is 4.79. The van der Waals surface area contributed by atoms with E-state index in [1.54, 1.807) is 23.1 Å². The summed E-state index contributed by atoms with van der Waals surface area (Å²) in [5.41, 5.74) is 0.877. The Morgan fingerprint density at radius 2 is 2.04 bits per heavy atom. The van der Waals surface area contributed by atoms with Crippen molar-refractivity contribution in [1.82, 2.24) is 4.90 Å². The van der Waals surface area contributed by atoms with Crippen molar-refractivity contribution in [2.24, 2.45) is 4.40 Å². The number of sulfonamides is 1. The van der Waals surface area contributed by atoms with E-state index >= 15 is 0 Å². The topological polar surface area (TPSA) is 78.8 Å². The minimum absolute atomic E-state index is 0.0868. The first-order chi connectivity index (χ1) is 12.9. The van der Waals surface area contributed by atoms with Crippen molar-refractivity contribution < 1.29 is 17.6 Å². The van der Waals surface area contributed by atoms with E-state index in [2.05, 4.69) is 9.71 Å². The highest BCUT2D eigenvalue weighted by Gasteiger charge is 2.39. The van der Waals surface area contributed by atoms with Gasteiger partial charge in [0.2, 0.25) is 5.91 Å². The van der Waals surface area contributed by atoms with Crippen LogP contribution in [0.3, 0.4) is 0 Å². The van der Waals surface area contributed by atoms with Crippen LogP contribution in [0.15, 0.2) is 51.8 Å². The number of carbonyl (C=O) groups is 1. The monoisotopic (exact) mass is 407 g/mol. The van der Waals surface area contributed by atoms with Crippen LogP contribution in [-0.2, 0) is 14.8 Å². The van der Waals surface area contributed by atoms with E-state index in [0.717, 1.165) is 6.42 Å². The van der Waals surface area contributed by atoms with Gasteiger partial charge in [-0.15, -0.1) is 4.40 Å². The largest absolute Gasteiger partial charge is 0.343 e. The summed E-state index contributed by atoms with van der Waals surface area (Å²) < 4.78 is 41.8. The zero-order valence-corrected chi connectivity index (χ0v) is 15.6. The average molecular weight is 408 g/mol. The van der Waals surface area contributed by atoms with Crippen molar-refractivity contribution in [2.45, 2.75) is 23.8 Å². The summed E-state index contributed by atoms with van der Waals surface area (Å²) in [6, 6.07) is 9.93. The van der Waals surface area contributed by atoms with E-state index < -0.39 is 21.9 Å². The molecule has 0 spiro atoms. The quantitative estimate of drug-likeness (QED) is 0.829. The summed E-state index contributed by atoms with van der Waals surface area (Å²) in [4.78, 5) is 14.6. The standard InChI is InChI=1S/C18H15ClFN3O3S/c19-13-10-11(7-8-14(13)20)21-18(24)15-5-3-9-23(15)17-12-4-1-2-6-16(12)27(25,26)22-17/h1-2,4,6-8,10,15H,3,5,9H2,(H,21,24)/t15-/m0/s1. The number of rotatable bonds is 2. The third-order valence-corrected chi connectivity index (χ3v) is 6.24. The molecule has 2 heterocycles. The molecule has 27 heavy (non-hydrogen) atoms. The molecule has 2 aromatic carbocycles.